The molecule has 1 rings (SSSR count). The van der Waals surface area contributed by atoms with E-state index in [9.17, 15) is 4.79 Å². The van der Waals surface area contributed by atoms with Gasteiger partial charge in [-0.1, -0.05) is 12.8 Å². The molecule has 0 radical (unpaired) electrons. The van der Waals surface area contributed by atoms with Crippen LogP contribution in [-0.4, -0.2) is 36.8 Å². The zero-order valence-electron chi connectivity index (χ0n) is 9.30. The van der Waals surface area contributed by atoms with Gasteiger partial charge in [0, 0.05) is 13.2 Å². The Labute approximate surface area is 91.4 Å². The third-order valence-electron chi connectivity index (χ3n) is 2.76. The summed E-state index contributed by atoms with van der Waals surface area (Å²) in [5.41, 5.74) is 0. The Kier molecular flexibility index (Phi) is 6.36. The lowest BCUT2D eigenvalue weighted by Crippen LogP contribution is -2.40. The smallest absolute Gasteiger partial charge is 0.237 e. The van der Waals surface area contributed by atoms with Crippen molar-refractivity contribution < 1.29 is 9.90 Å². The Morgan fingerprint density at radius 1 is 1.33 bits per heavy atom. The third kappa shape index (κ3) is 5.14. The quantitative estimate of drug-likeness (QED) is 0.538. The summed E-state index contributed by atoms with van der Waals surface area (Å²) in [5.74, 6) is 0.148. The van der Waals surface area contributed by atoms with E-state index < -0.39 is 0 Å². The predicted octanol–water partition coefficient (Wildman–Crippen LogP) is 0.407. The number of hydrogen-bond acceptors (Lipinski definition) is 3. The summed E-state index contributed by atoms with van der Waals surface area (Å²) in [6.07, 6.45) is 6.09. The molecule has 1 amide bonds. The molecule has 0 aliphatic carbocycles. The minimum absolute atomic E-state index is 0.0439. The molecule has 0 aromatic carbocycles. The summed E-state index contributed by atoms with van der Waals surface area (Å²) in [4.78, 5) is 11.5. The Morgan fingerprint density at radius 3 is 2.80 bits per heavy atom. The molecule has 4 heteroatoms. The molecule has 1 aliphatic rings. The Hall–Kier alpha value is -0.610. The molecule has 1 fully saturated rings. The maximum Gasteiger partial charge on any atom is 0.237 e. The average molecular weight is 214 g/mol. The molecule has 1 atom stereocenters. The topological polar surface area (TPSA) is 61.4 Å². The first-order valence-corrected chi connectivity index (χ1v) is 5.96. The molecule has 1 unspecified atom stereocenters. The summed E-state index contributed by atoms with van der Waals surface area (Å²) >= 11 is 0. The lowest BCUT2D eigenvalue weighted by atomic mass is 10.2. The van der Waals surface area contributed by atoms with Crippen LogP contribution in [0.1, 0.15) is 38.5 Å². The highest BCUT2D eigenvalue weighted by atomic mass is 16.2. The number of aliphatic hydroxyl groups excluding tert-OH is 1. The molecule has 0 aromatic rings. The number of unbranched alkanes of at least 4 members (excludes halogenated alkanes) is 3. The lowest BCUT2D eigenvalue weighted by molar-refractivity contribution is -0.122. The number of nitrogens with one attached hydrogen (secondary N) is 2. The number of hydrogen-bond donors (Lipinski definition) is 3. The second-order valence-corrected chi connectivity index (χ2v) is 4.08. The van der Waals surface area contributed by atoms with Gasteiger partial charge in [-0.25, -0.2) is 0 Å². The van der Waals surface area contributed by atoms with Gasteiger partial charge in [-0.05, 0) is 32.2 Å². The van der Waals surface area contributed by atoms with Gasteiger partial charge in [-0.3, -0.25) is 4.79 Å². The van der Waals surface area contributed by atoms with E-state index in [1.54, 1.807) is 0 Å². The van der Waals surface area contributed by atoms with Crippen molar-refractivity contribution in [2.45, 2.75) is 44.6 Å². The molecule has 1 aliphatic heterocycles. The predicted molar refractivity (Wildman–Crippen MR) is 59.6 cm³/mol. The van der Waals surface area contributed by atoms with Gasteiger partial charge >= 0.3 is 0 Å². The number of rotatable bonds is 7. The van der Waals surface area contributed by atoms with Crippen LogP contribution < -0.4 is 10.6 Å². The van der Waals surface area contributed by atoms with Crippen LogP contribution in [0.2, 0.25) is 0 Å². The van der Waals surface area contributed by atoms with Gasteiger partial charge in [0.15, 0.2) is 0 Å². The van der Waals surface area contributed by atoms with Crippen molar-refractivity contribution in [2.24, 2.45) is 0 Å². The zero-order chi connectivity index (χ0) is 10.9. The normalized spacial score (nSPS) is 20.5. The number of aliphatic hydroxyl groups is 1. The highest BCUT2D eigenvalue weighted by Gasteiger charge is 2.20. The Morgan fingerprint density at radius 2 is 2.13 bits per heavy atom. The van der Waals surface area contributed by atoms with Crippen LogP contribution in [-0.2, 0) is 4.79 Å². The number of amides is 1. The van der Waals surface area contributed by atoms with Crippen molar-refractivity contribution >= 4 is 5.91 Å². The molecule has 1 heterocycles. The van der Waals surface area contributed by atoms with Crippen molar-refractivity contribution in [3.8, 4) is 0 Å². The van der Waals surface area contributed by atoms with Crippen LogP contribution in [0.15, 0.2) is 0 Å². The van der Waals surface area contributed by atoms with E-state index in [2.05, 4.69) is 10.6 Å². The molecule has 1 saturated heterocycles. The Bertz CT molecular complexity index is 179. The largest absolute Gasteiger partial charge is 0.396 e. The first-order valence-electron chi connectivity index (χ1n) is 5.96. The first-order chi connectivity index (χ1) is 7.34. The van der Waals surface area contributed by atoms with Crippen molar-refractivity contribution in [1.82, 2.24) is 10.6 Å². The van der Waals surface area contributed by atoms with Gasteiger partial charge in [-0.2, -0.15) is 0 Å². The fourth-order valence-corrected chi connectivity index (χ4v) is 1.83. The summed E-state index contributed by atoms with van der Waals surface area (Å²) in [6, 6.07) is 0.0439. The summed E-state index contributed by atoms with van der Waals surface area (Å²) in [6.45, 7) is 2.01. The van der Waals surface area contributed by atoms with Gasteiger partial charge in [0.25, 0.3) is 0 Å². The SMILES string of the molecule is O=C(NCCCCCCO)C1CCCN1. The lowest BCUT2D eigenvalue weighted by Gasteiger charge is -2.10. The molecule has 3 N–H and O–H groups in total. The van der Waals surface area contributed by atoms with Gasteiger partial charge in [0.05, 0.1) is 6.04 Å². The summed E-state index contributed by atoms with van der Waals surface area (Å²) in [5, 5.41) is 14.7. The number of carbonyl (C=O) groups is 1. The Balaban J connectivity index is 1.92. The fraction of sp³-hybridized carbons (Fsp3) is 0.909. The van der Waals surface area contributed by atoms with Crippen LogP contribution in [0.3, 0.4) is 0 Å². The van der Waals surface area contributed by atoms with E-state index in [1.165, 1.54) is 0 Å². The van der Waals surface area contributed by atoms with Gasteiger partial charge in [0.2, 0.25) is 5.91 Å². The van der Waals surface area contributed by atoms with Crippen LogP contribution in [0.5, 0.6) is 0 Å². The second kappa shape index (κ2) is 7.65. The van der Waals surface area contributed by atoms with E-state index in [4.69, 9.17) is 5.11 Å². The van der Waals surface area contributed by atoms with Crippen molar-refractivity contribution in [3.63, 3.8) is 0 Å². The van der Waals surface area contributed by atoms with Crippen LogP contribution >= 0.6 is 0 Å². The molecule has 4 nitrogen and oxygen atoms in total. The first kappa shape index (κ1) is 12.5. The molecule has 15 heavy (non-hydrogen) atoms. The molecule has 0 aromatic heterocycles. The highest BCUT2D eigenvalue weighted by Crippen LogP contribution is 2.04. The average Bonchev–Trinajstić information content (AvgIpc) is 2.76. The summed E-state index contributed by atoms with van der Waals surface area (Å²) < 4.78 is 0. The monoisotopic (exact) mass is 214 g/mol. The molecule has 88 valence electrons. The second-order valence-electron chi connectivity index (χ2n) is 4.08. The molecular formula is C11H22N2O2. The van der Waals surface area contributed by atoms with E-state index in [-0.39, 0.29) is 18.6 Å². The van der Waals surface area contributed by atoms with Crippen LogP contribution in [0, 0.1) is 0 Å². The fourth-order valence-electron chi connectivity index (χ4n) is 1.83. The van der Waals surface area contributed by atoms with E-state index in [1.807, 2.05) is 0 Å². The van der Waals surface area contributed by atoms with Crippen molar-refractivity contribution in [2.75, 3.05) is 19.7 Å². The molecule has 0 spiro atoms. The molecule has 0 saturated carbocycles. The maximum atomic E-state index is 11.5. The van der Waals surface area contributed by atoms with Crippen molar-refractivity contribution in [3.05, 3.63) is 0 Å². The summed E-state index contributed by atoms with van der Waals surface area (Å²) in [7, 11) is 0. The van der Waals surface area contributed by atoms with E-state index in [0.29, 0.717) is 0 Å². The van der Waals surface area contributed by atoms with E-state index >= 15 is 0 Å². The minimum Gasteiger partial charge on any atom is -0.396 e. The standard InChI is InChI=1S/C11H22N2O2/c14-9-4-2-1-3-7-13-11(15)10-6-5-8-12-10/h10,12,14H,1-9H2,(H,13,15). The number of carbonyl (C=O) groups excluding carboxylic acids is 1. The molecular weight excluding hydrogens is 192 g/mol. The van der Waals surface area contributed by atoms with Gasteiger partial charge in [0.1, 0.15) is 0 Å². The molecule has 0 bridgehead atoms. The maximum absolute atomic E-state index is 11.5. The highest BCUT2D eigenvalue weighted by molar-refractivity contribution is 5.81. The minimum atomic E-state index is 0.0439. The zero-order valence-corrected chi connectivity index (χ0v) is 9.30. The van der Waals surface area contributed by atoms with Crippen LogP contribution in [0.25, 0.3) is 0 Å². The van der Waals surface area contributed by atoms with E-state index in [0.717, 1.165) is 51.6 Å². The van der Waals surface area contributed by atoms with Gasteiger partial charge in [-0.15, -0.1) is 0 Å². The van der Waals surface area contributed by atoms with Gasteiger partial charge < -0.3 is 15.7 Å². The third-order valence-corrected chi connectivity index (χ3v) is 2.76. The van der Waals surface area contributed by atoms with Crippen molar-refractivity contribution in [1.29, 1.82) is 0 Å². The van der Waals surface area contributed by atoms with Crippen LogP contribution in [0.4, 0.5) is 0 Å².